The first kappa shape index (κ1) is 15.2. The molecule has 0 radical (unpaired) electrons. The van der Waals surface area contributed by atoms with Crippen molar-refractivity contribution in [2.24, 2.45) is 0 Å². The van der Waals surface area contributed by atoms with Crippen LogP contribution >= 0.6 is 11.3 Å². The molecule has 8 heteroatoms. The van der Waals surface area contributed by atoms with Gasteiger partial charge in [0, 0.05) is 16.6 Å². The topological polar surface area (TPSA) is 87.2 Å². The lowest BCUT2D eigenvalue weighted by Crippen LogP contribution is -2.22. The largest absolute Gasteiger partial charge is 0.454 e. The van der Waals surface area contributed by atoms with E-state index < -0.39 is 5.97 Å². The lowest BCUT2D eigenvalue weighted by Gasteiger charge is -2.04. The van der Waals surface area contributed by atoms with Crippen LogP contribution in [-0.4, -0.2) is 20.7 Å². The molecule has 7 nitrogen and oxygen atoms in total. The van der Waals surface area contributed by atoms with E-state index in [0.717, 1.165) is 22.6 Å². The number of carbonyl (C=O) groups excluding carboxylic acids is 1. The Labute approximate surface area is 135 Å². The first-order valence-corrected chi connectivity index (χ1v) is 7.70. The molecule has 0 fully saturated rings. The molecule has 0 atom stereocenters. The minimum absolute atomic E-state index is 0.128. The highest BCUT2D eigenvalue weighted by atomic mass is 32.1. The summed E-state index contributed by atoms with van der Waals surface area (Å²) in [5, 5.41) is 9.44. The Bertz CT molecular complexity index is 866. The van der Waals surface area contributed by atoms with Gasteiger partial charge in [-0.3, -0.25) is 14.2 Å². The van der Waals surface area contributed by atoms with Crippen molar-refractivity contribution in [3.63, 3.8) is 0 Å². The summed E-state index contributed by atoms with van der Waals surface area (Å²) in [6.45, 7) is 1.50. The maximum Gasteiger partial charge on any atom is 0.326 e. The van der Waals surface area contributed by atoms with Crippen LogP contribution in [-0.2, 0) is 22.7 Å². The van der Waals surface area contributed by atoms with Crippen LogP contribution < -0.4 is 4.87 Å². The molecule has 1 aromatic carbocycles. The maximum absolute atomic E-state index is 11.8. The zero-order chi connectivity index (χ0) is 16.2. The summed E-state index contributed by atoms with van der Waals surface area (Å²) in [4.78, 5) is 23.1. The van der Waals surface area contributed by atoms with Crippen molar-refractivity contribution in [3.05, 3.63) is 57.0 Å². The lowest BCUT2D eigenvalue weighted by atomic mass is 10.2. The number of carbonyl (C=O) groups is 1. The van der Waals surface area contributed by atoms with Crippen LogP contribution in [0, 0.1) is 6.92 Å². The normalized spacial score (nSPS) is 10.7. The number of thiazole rings is 1. The fraction of sp³-hybridized carbons (Fsp3) is 0.200. The minimum atomic E-state index is -0.534. The molecule has 2 heterocycles. The molecule has 3 rings (SSSR count). The van der Waals surface area contributed by atoms with Gasteiger partial charge in [0.05, 0.1) is 0 Å². The highest BCUT2D eigenvalue weighted by Gasteiger charge is 2.13. The Kier molecular flexibility index (Phi) is 4.33. The van der Waals surface area contributed by atoms with Crippen LogP contribution in [0.15, 0.2) is 44.9 Å². The summed E-state index contributed by atoms with van der Waals surface area (Å²) in [6.07, 6.45) is 0. The highest BCUT2D eigenvalue weighted by Crippen LogP contribution is 2.17. The molecule has 0 amide bonds. The van der Waals surface area contributed by atoms with E-state index in [2.05, 4.69) is 10.2 Å². The number of nitrogens with zero attached hydrogens (tertiary/aromatic N) is 3. The fourth-order valence-corrected chi connectivity index (χ4v) is 2.66. The van der Waals surface area contributed by atoms with Crippen molar-refractivity contribution in [2.45, 2.75) is 20.1 Å². The molecule has 118 valence electrons. The highest BCUT2D eigenvalue weighted by molar-refractivity contribution is 7.07. The molecule has 0 spiro atoms. The maximum atomic E-state index is 11.8. The zero-order valence-electron chi connectivity index (χ0n) is 12.3. The number of aromatic nitrogens is 3. The van der Waals surface area contributed by atoms with Gasteiger partial charge in [0.25, 0.3) is 5.89 Å². The summed E-state index contributed by atoms with van der Waals surface area (Å²) in [5.41, 5.74) is 1.51. The van der Waals surface area contributed by atoms with E-state index in [1.165, 1.54) is 4.57 Å². The molecule has 0 saturated carbocycles. The summed E-state index contributed by atoms with van der Waals surface area (Å²) in [7, 11) is 0. The Hall–Kier alpha value is -2.74. The van der Waals surface area contributed by atoms with E-state index >= 15 is 0 Å². The third kappa shape index (κ3) is 3.54. The summed E-state index contributed by atoms with van der Waals surface area (Å²) < 4.78 is 11.9. The predicted octanol–water partition coefficient (Wildman–Crippen LogP) is 2.01. The molecule has 3 aromatic rings. The van der Waals surface area contributed by atoms with Crippen LogP contribution in [0.1, 0.15) is 11.6 Å². The first-order valence-electron chi connectivity index (χ1n) is 6.82. The Morgan fingerprint density at radius 3 is 2.78 bits per heavy atom. The van der Waals surface area contributed by atoms with Crippen molar-refractivity contribution in [2.75, 3.05) is 0 Å². The minimum Gasteiger partial charge on any atom is -0.454 e. The molecule has 23 heavy (non-hydrogen) atoms. The van der Waals surface area contributed by atoms with E-state index in [4.69, 9.17) is 9.15 Å². The van der Waals surface area contributed by atoms with Gasteiger partial charge in [-0.1, -0.05) is 29.5 Å². The second-order valence-corrected chi connectivity index (χ2v) is 5.58. The average Bonchev–Trinajstić information content (AvgIpc) is 3.16. The van der Waals surface area contributed by atoms with Gasteiger partial charge in [0.1, 0.15) is 6.54 Å². The van der Waals surface area contributed by atoms with Gasteiger partial charge in [0.2, 0.25) is 5.89 Å². The molecule has 0 saturated heterocycles. The fourth-order valence-electron chi connectivity index (χ4n) is 1.92. The van der Waals surface area contributed by atoms with Gasteiger partial charge in [-0.05, 0) is 19.1 Å². The second-order valence-electron chi connectivity index (χ2n) is 4.76. The van der Waals surface area contributed by atoms with E-state index in [1.54, 1.807) is 12.3 Å². The number of hydrogen-bond donors (Lipinski definition) is 0. The quantitative estimate of drug-likeness (QED) is 0.665. The van der Waals surface area contributed by atoms with Crippen molar-refractivity contribution in [1.82, 2.24) is 14.8 Å². The van der Waals surface area contributed by atoms with E-state index in [0.29, 0.717) is 5.89 Å². The van der Waals surface area contributed by atoms with Gasteiger partial charge in [-0.15, -0.1) is 10.2 Å². The Balaban J connectivity index is 1.60. The SMILES string of the molecule is Cc1csc(=O)n1CC(=O)OCc1nnc(-c2ccccc2)o1. The number of aryl methyl sites for hydroxylation is 1. The Morgan fingerprint density at radius 1 is 1.30 bits per heavy atom. The summed E-state index contributed by atoms with van der Waals surface area (Å²) >= 11 is 1.05. The van der Waals surface area contributed by atoms with Crippen LogP contribution in [0.2, 0.25) is 0 Å². The molecule has 0 aliphatic rings. The Morgan fingerprint density at radius 2 is 2.09 bits per heavy atom. The predicted molar refractivity (Wildman–Crippen MR) is 82.8 cm³/mol. The molecular formula is C15H13N3O4S. The van der Waals surface area contributed by atoms with E-state index in [1.807, 2.05) is 30.3 Å². The van der Waals surface area contributed by atoms with Crippen LogP contribution in [0.25, 0.3) is 11.5 Å². The molecule has 0 aliphatic carbocycles. The van der Waals surface area contributed by atoms with Gasteiger partial charge in [0.15, 0.2) is 6.61 Å². The average molecular weight is 331 g/mol. The smallest absolute Gasteiger partial charge is 0.326 e. The summed E-state index contributed by atoms with van der Waals surface area (Å²) in [5.74, 6) is 0.0289. The van der Waals surface area contributed by atoms with E-state index in [-0.39, 0.29) is 23.9 Å². The second kappa shape index (κ2) is 6.57. The van der Waals surface area contributed by atoms with Crippen molar-refractivity contribution >= 4 is 17.3 Å². The number of rotatable bonds is 5. The van der Waals surface area contributed by atoms with Crippen LogP contribution in [0.3, 0.4) is 0 Å². The van der Waals surface area contributed by atoms with Gasteiger partial charge >= 0.3 is 10.8 Å². The number of hydrogen-bond acceptors (Lipinski definition) is 7. The van der Waals surface area contributed by atoms with Crippen LogP contribution in [0.5, 0.6) is 0 Å². The number of esters is 1. The summed E-state index contributed by atoms with van der Waals surface area (Å²) in [6, 6.07) is 9.29. The van der Waals surface area contributed by atoms with Crippen molar-refractivity contribution in [3.8, 4) is 11.5 Å². The van der Waals surface area contributed by atoms with Gasteiger partial charge < -0.3 is 9.15 Å². The molecule has 0 bridgehead atoms. The first-order chi connectivity index (χ1) is 11.1. The molecule has 0 N–H and O–H groups in total. The third-order valence-electron chi connectivity index (χ3n) is 3.11. The van der Waals surface area contributed by atoms with Crippen molar-refractivity contribution < 1.29 is 13.9 Å². The molecule has 2 aromatic heterocycles. The van der Waals surface area contributed by atoms with Gasteiger partial charge in [-0.2, -0.15) is 0 Å². The third-order valence-corrected chi connectivity index (χ3v) is 3.99. The van der Waals surface area contributed by atoms with Crippen molar-refractivity contribution in [1.29, 1.82) is 0 Å². The van der Waals surface area contributed by atoms with E-state index in [9.17, 15) is 9.59 Å². The lowest BCUT2D eigenvalue weighted by molar-refractivity contribution is -0.146. The monoisotopic (exact) mass is 331 g/mol. The molecule has 0 aliphatic heterocycles. The zero-order valence-corrected chi connectivity index (χ0v) is 13.1. The number of ether oxygens (including phenoxy) is 1. The molecule has 0 unspecified atom stereocenters. The number of benzene rings is 1. The van der Waals surface area contributed by atoms with Gasteiger partial charge in [-0.25, -0.2) is 0 Å². The standard InChI is InChI=1S/C15H13N3O4S/c1-10-9-23-15(20)18(10)7-13(19)21-8-12-16-17-14(22-12)11-5-3-2-4-6-11/h2-6,9H,7-8H2,1H3. The molecular weight excluding hydrogens is 318 g/mol. The van der Waals surface area contributed by atoms with Crippen LogP contribution in [0.4, 0.5) is 0 Å².